The molecule has 0 saturated heterocycles. The third kappa shape index (κ3) is 6.13. The van der Waals surface area contributed by atoms with E-state index < -0.39 is 9.84 Å². The highest BCUT2D eigenvalue weighted by Gasteiger charge is 2.04. The maximum absolute atomic E-state index is 10.9. The van der Waals surface area contributed by atoms with Gasteiger partial charge in [0.15, 0.2) is 0 Å². The third-order valence-electron chi connectivity index (χ3n) is 2.31. The number of rotatable bonds is 9. The summed E-state index contributed by atoms with van der Waals surface area (Å²) in [7, 11) is -2.94. The largest absolute Gasteiger partial charge is 0.379 e. The molecule has 0 amide bonds. The van der Waals surface area contributed by atoms with Crippen LogP contribution < -0.4 is 0 Å². The van der Waals surface area contributed by atoms with E-state index in [0.717, 1.165) is 5.82 Å². The molecule has 0 aromatic carbocycles. The van der Waals surface area contributed by atoms with Crippen molar-refractivity contribution in [3.05, 3.63) is 18.2 Å². The topological polar surface area (TPSA) is 70.4 Å². The van der Waals surface area contributed by atoms with E-state index >= 15 is 0 Å². The Labute approximate surface area is 108 Å². The second-order valence-electron chi connectivity index (χ2n) is 3.92. The van der Waals surface area contributed by atoms with E-state index in [1.807, 2.05) is 17.7 Å². The number of ether oxygens (including phenoxy) is 2. The van der Waals surface area contributed by atoms with Crippen molar-refractivity contribution in [3.63, 3.8) is 0 Å². The van der Waals surface area contributed by atoms with Gasteiger partial charge in [0.1, 0.15) is 22.3 Å². The Morgan fingerprint density at radius 1 is 1.33 bits per heavy atom. The standard InChI is InChI=1S/C11H20N2O4S/c1-3-16-10-11-12-4-5-13(11)6-7-17-8-9-18(2,14)15/h4-5H,3,6-10H2,1-2H3. The van der Waals surface area contributed by atoms with Gasteiger partial charge in [-0.2, -0.15) is 0 Å². The molecule has 0 N–H and O–H groups in total. The summed E-state index contributed by atoms with van der Waals surface area (Å²) in [6, 6.07) is 0. The maximum Gasteiger partial charge on any atom is 0.149 e. The van der Waals surface area contributed by atoms with E-state index in [1.54, 1.807) is 6.20 Å². The Balaban J connectivity index is 2.25. The fourth-order valence-corrected chi connectivity index (χ4v) is 1.77. The molecule has 0 saturated carbocycles. The van der Waals surface area contributed by atoms with Crippen LogP contribution in [0.15, 0.2) is 12.4 Å². The smallest absolute Gasteiger partial charge is 0.149 e. The summed E-state index contributed by atoms with van der Waals surface area (Å²) in [5.41, 5.74) is 0. The summed E-state index contributed by atoms with van der Waals surface area (Å²) in [6.07, 6.45) is 4.77. The lowest BCUT2D eigenvalue weighted by molar-refractivity contribution is 0.117. The van der Waals surface area contributed by atoms with Crippen LogP contribution in [0.25, 0.3) is 0 Å². The quantitative estimate of drug-likeness (QED) is 0.614. The fourth-order valence-electron chi connectivity index (χ4n) is 1.35. The average Bonchev–Trinajstić information content (AvgIpc) is 2.72. The predicted octanol–water partition coefficient (Wildman–Crippen LogP) is 0.481. The molecule has 6 nitrogen and oxygen atoms in total. The number of hydrogen-bond donors (Lipinski definition) is 0. The van der Waals surface area contributed by atoms with Crippen LogP contribution in [0.1, 0.15) is 12.7 Å². The highest BCUT2D eigenvalue weighted by Crippen LogP contribution is 2.00. The average molecular weight is 276 g/mol. The molecule has 104 valence electrons. The van der Waals surface area contributed by atoms with E-state index in [-0.39, 0.29) is 12.4 Å². The predicted molar refractivity (Wildman–Crippen MR) is 68.1 cm³/mol. The fraction of sp³-hybridized carbons (Fsp3) is 0.727. The van der Waals surface area contributed by atoms with Gasteiger partial charge < -0.3 is 14.0 Å². The Kier molecular flexibility index (Phi) is 6.31. The molecular formula is C11H20N2O4S. The van der Waals surface area contributed by atoms with E-state index in [9.17, 15) is 8.42 Å². The number of hydrogen-bond acceptors (Lipinski definition) is 5. The summed E-state index contributed by atoms with van der Waals surface area (Å²) in [6.45, 7) is 4.40. The lowest BCUT2D eigenvalue weighted by atomic mass is 10.5. The van der Waals surface area contributed by atoms with E-state index in [1.165, 1.54) is 6.26 Å². The Morgan fingerprint density at radius 2 is 2.11 bits per heavy atom. The second-order valence-corrected chi connectivity index (χ2v) is 6.18. The minimum atomic E-state index is -2.94. The molecule has 0 unspecified atom stereocenters. The highest BCUT2D eigenvalue weighted by molar-refractivity contribution is 7.90. The van der Waals surface area contributed by atoms with Gasteiger partial charge in [-0.15, -0.1) is 0 Å². The Hall–Kier alpha value is -0.920. The van der Waals surface area contributed by atoms with Crippen molar-refractivity contribution in [3.8, 4) is 0 Å². The highest BCUT2D eigenvalue weighted by atomic mass is 32.2. The summed E-state index contributed by atoms with van der Waals surface area (Å²) in [5.74, 6) is 0.909. The van der Waals surface area contributed by atoms with Gasteiger partial charge >= 0.3 is 0 Å². The van der Waals surface area contributed by atoms with Crippen LogP contribution in [-0.4, -0.2) is 49.8 Å². The molecular weight excluding hydrogens is 256 g/mol. The van der Waals surface area contributed by atoms with Gasteiger partial charge in [0, 0.05) is 31.8 Å². The Morgan fingerprint density at radius 3 is 2.78 bits per heavy atom. The van der Waals surface area contributed by atoms with Crippen molar-refractivity contribution >= 4 is 9.84 Å². The second kappa shape index (κ2) is 7.50. The molecule has 0 radical (unpaired) electrons. The lowest BCUT2D eigenvalue weighted by Gasteiger charge is -2.08. The zero-order chi connectivity index (χ0) is 13.4. The van der Waals surface area contributed by atoms with E-state index in [2.05, 4.69) is 4.98 Å². The first-order chi connectivity index (χ1) is 8.53. The van der Waals surface area contributed by atoms with Crippen molar-refractivity contribution in [1.29, 1.82) is 0 Å². The SMILES string of the molecule is CCOCc1nccn1CCOCCS(C)(=O)=O. The monoisotopic (exact) mass is 276 g/mol. The van der Waals surface area contributed by atoms with Gasteiger partial charge in [0.05, 0.1) is 19.0 Å². The first-order valence-corrected chi connectivity index (χ1v) is 7.92. The Bertz CT molecular complexity index is 442. The number of imidazole rings is 1. The number of aromatic nitrogens is 2. The minimum Gasteiger partial charge on any atom is -0.379 e. The summed E-state index contributed by atoms with van der Waals surface area (Å²) in [4.78, 5) is 4.18. The van der Waals surface area contributed by atoms with Crippen molar-refractivity contribution in [1.82, 2.24) is 9.55 Å². The van der Waals surface area contributed by atoms with Crippen LogP contribution in [0, 0.1) is 0 Å². The molecule has 1 heterocycles. The van der Waals surface area contributed by atoms with Gasteiger partial charge in [-0.1, -0.05) is 0 Å². The van der Waals surface area contributed by atoms with Gasteiger partial charge in [-0.25, -0.2) is 13.4 Å². The minimum absolute atomic E-state index is 0.0583. The number of nitrogens with zero attached hydrogens (tertiary/aromatic N) is 2. The van der Waals surface area contributed by atoms with Crippen LogP contribution in [0.4, 0.5) is 0 Å². The molecule has 0 aliphatic rings. The molecule has 1 aromatic heterocycles. The molecule has 0 spiro atoms. The van der Waals surface area contributed by atoms with Crippen molar-refractivity contribution < 1.29 is 17.9 Å². The summed E-state index contributed by atoms with van der Waals surface area (Å²) < 4.78 is 34.3. The molecule has 18 heavy (non-hydrogen) atoms. The molecule has 1 rings (SSSR count). The maximum atomic E-state index is 10.9. The summed E-state index contributed by atoms with van der Waals surface area (Å²) >= 11 is 0. The first kappa shape index (κ1) is 15.1. The lowest BCUT2D eigenvalue weighted by Crippen LogP contribution is -2.14. The molecule has 0 bridgehead atoms. The van der Waals surface area contributed by atoms with Gasteiger partial charge in [-0.3, -0.25) is 0 Å². The van der Waals surface area contributed by atoms with Crippen LogP contribution >= 0.6 is 0 Å². The zero-order valence-corrected chi connectivity index (χ0v) is 11.6. The number of sulfone groups is 1. The molecule has 0 aliphatic carbocycles. The molecule has 1 aromatic rings. The zero-order valence-electron chi connectivity index (χ0n) is 10.8. The molecule has 0 atom stereocenters. The van der Waals surface area contributed by atoms with Crippen molar-refractivity contribution in [2.24, 2.45) is 0 Å². The van der Waals surface area contributed by atoms with Crippen molar-refractivity contribution in [2.45, 2.75) is 20.1 Å². The van der Waals surface area contributed by atoms with Gasteiger partial charge in [0.2, 0.25) is 0 Å². The van der Waals surface area contributed by atoms with E-state index in [4.69, 9.17) is 9.47 Å². The first-order valence-electron chi connectivity index (χ1n) is 5.86. The van der Waals surface area contributed by atoms with Crippen LogP contribution in [-0.2, 0) is 32.5 Å². The molecule has 0 fully saturated rings. The van der Waals surface area contributed by atoms with E-state index in [0.29, 0.717) is 26.4 Å². The summed E-state index contributed by atoms with van der Waals surface area (Å²) in [5, 5.41) is 0. The van der Waals surface area contributed by atoms with Crippen LogP contribution in [0.5, 0.6) is 0 Å². The van der Waals surface area contributed by atoms with Crippen LogP contribution in [0.2, 0.25) is 0 Å². The third-order valence-corrected chi connectivity index (χ3v) is 3.22. The molecule has 0 aliphatic heterocycles. The normalized spacial score (nSPS) is 11.9. The van der Waals surface area contributed by atoms with Gasteiger partial charge in [-0.05, 0) is 6.92 Å². The van der Waals surface area contributed by atoms with Crippen LogP contribution in [0.3, 0.4) is 0 Å². The van der Waals surface area contributed by atoms with Gasteiger partial charge in [0.25, 0.3) is 0 Å². The molecule has 7 heteroatoms. The van der Waals surface area contributed by atoms with Crippen molar-refractivity contribution in [2.75, 3.05) is 31.8 Å².